The van der Waals surface area contributed by atoms with Crippen molar-refractivity contribution in [2.24, 2.45) is 4.99 Å². The van der Waals surface area contributed by atoms with Crippen molar-refractivity contribution in [2.75, 3.05) is 13.7 Å². The lowest BCUT2D eigenvalue weighted by molar-refractivity contribution is -0.140. The number of aliphatic imine (C=N–C) groups is 1. The lowest BCUT2D eigenvalue weighted by atomic mass is 9.94. The second kappa shape index (κ2) is 14.4. The Bertz CT molecular complexity index is 548. The van der Waals surface area contributed by atoms with E-state index in [0.29, 0.717) is 6.61 Å². The molecule has 25 heavy (non-hydrogen) atoms. The summed E-state index contributed by atoms with van der Waals surface area (Å²) in [5, 5.41) is 0. The fourth-order valence-corrected chi connectivity index (χ4v) is 2.33. The van der Waals surface area contributed by atoms with Gasteiger partial charge in [0.25, 0.3) is 0 Å². The van der Waals surface area contributed by atoms with Gasteiger partial charge < -0.3 is 4.74 Å². The van der Waals surface area contributed by atoms with Crippen LogP contribution in [0.3, 0.4) is 0 Å². The van der Waals surface area contributed by atoms with Gasteiger partial charge in [0, 0.05) is 20.2 Å². The Morgan fingerprint density at radius 3 is 2.20 bits per heavy atom. The summed E-state index contributed by atoms with van der Waals surface area (Å²) < 4.78 is 16.6. The summed E-state index contributed by atoms with van der Waals surface area (Å²) in [4.78, 5) is 13.8. The van der Waals surface area contributed by atoms with E-state index in [1.807, 2.05) is 20.2 Å². The van der Waals surface area contributed by atoms with Gasteiger partial charge in [-0.2, -0.15) is 0 Å². The lowest BCUT2D eigenvalue weighted by Crippen LogP contribution is -1.97. The molecule has 1 aliphatic carbocycles. The number of nitrogens with zero attached hydrogens (tertiary/aromatic N) is 1. The minimum Gasteiger partial charge on any atom is -0.466 e. The van der Waals surface area contributed by atoms with Crippen molar-refractivity contribution in [3.8, 4) is 0 Å². The van der Waals surface area contributed by atoms with E-state index in [-0.39, 0.29) is 11.8 Å². The van der Waals surface area contributed by atoms with Gasteiger partial charge in [-0.15, -0.1) is 0 Å². The normalized spacial score (nSPS) is 13.5. The zero-order chi connectivity index (χ0) is 19.1. The van der Waals surface area contributed by atoms with Crippen molar-refractivity contribution in [1.82, 2.24) is 0 Å². The van der Waals surface area contributed by atoms with Crippen LogP contribution in [-0.4, -0.2) is 25.8 Å². The molecule has 4 heteroatoms. The van der Waals surface area contributed by atoms with Crippen LogP contribution in [0.2, 0.25) is 0 Å². The number of carbonyl (C=O) groups excluding carboxylic acids is 1. The molecule has 0 aliphatic heterocycles. The Kier molecular flexibility index (Phi) is 13.2. The van der Waals surface area contributed by atoms with Crippen molar-refractivity contribution in [3.63, 3.8) is 0 Å². The van der Waals surface area contributed by atoms with Crippen LogP contribution in [0.15, 0.2) is 40.4 Å². The molecular weight excluding hydrogens is 317 g/mol. The topological polar surface area (TPSA) is 38.7 Å². The molecule has 0 unspecified atom stereocenters. The summed E-state index contributed by atoms with van der Waals surface area (Å²) in [7, 11) is 1.84. The zero-order valence-electron chi connectivity index (χ0n) is 16.3. The fraction of sp³-hybridized carbons (Fsp3) is 0.524. The van der Waals surface area contributed by atoms with Gasteiger partial charge >= 0.3 is 5.97 Å². The lowest BCUT2D eigenvalue weighted by Gasteiger charge is -2.13. The first kappa shape index (κ1) is 23.0. The molecule has 0 aromatic heterocycles. The summed E-state index contributed by atoms with van der Waals surface area (Å²) >= 11 is 0. The first-order valence-electron chi connectivity index (χ1n) is 8.93. The fourth-order valence-electron chi connectivity index (χ4n) is 2.33. The van der Waals surface area contributed by atoms with Gasteiger partial charge in [0.05, 0.1) is 6.61 Å². The van der Waals surface area contributed by atoms with E-state index in [1.165, 1.54) is 61.4 Å². The number of aryl methyl sites for hydroxylation is 1. The molecule has 0 radical (unpaired) electrons. The number of benzene rings is 1. The van der Waals surface area contributed by atoms with Crippen molar-refractivity contribution in [1.29, 1.82) is 0 Å². The van der Waals surface area contributed by atoms with Crippen LogP contribution in [0, 0.1) is 5.82 Å². The maximum absolute atomic E-state index is 12.2. The van der Waals surface area contributed by atoms with Crippen LogP contribution in [0.5, 0.6) is 0 Å². The van der Waals surface area contributed by atoms with Gasteiger partial charge in [-0.25, -0.2) is 4.39 Å². The number of esters is 1. The summed E-state index contributed by atoms with van der Waals surface area (Å²) in [6.07, 6.45) is 8.21. The molecule has 0 saturated heterocycles. The van der Waals surface area contributed by atoms with E-state index in [2.05, 4.69) is 16.7 Å². The summed E-state index contributed by atoms with van der Waals surface area (Å²) in [6, 6.07) is 6.57. The van der Waals surface area contributed by atoms with Crippen LogP contribution in [0.1, 0.15) is 58.9 Å². The number of carbonyl (C=O) groups is 1. The zero-order valence-corrected chi connectivity index (χ0v) is 16.3. The third kappa shape index (κ3) is 12.1. The smallest absolute Gasteiger partial charge is 0.302 e. The number of hydrogen-bond acceptors (Lipinski definition) is 3. The molecule has 0 N–H and O–H groups in total. The maximum atomic E-state index is 12.2. The van der Waals surface area contributed by atoms with Crippen LogP contribution < -0.4 is 0 Å². The summed E-state index contributed by atoms with van der Waals surface area (Å²) in [5.74, 6) is -0.371. The van der Waals surface area contributed by atoms with Crippen LogP contribution in [-0.2, 0) is 16.0 Å². The van der Waals surface area contributed by atoms with Crippen LogP contribution in [0.25, 0.3) is 0 Å². The van der Waals surface area contributed by atoms with Gasteiger partial charge in [-0.1, -0.05) is 24.6 Å². The van der Waals surface area contributed by atoms with Crippen LogP contribution in [0.4, 0.5) is 4.39 Å². The minimum atomic E-state index is -0.211. The minimum absolute atomic E-state index is 0.160. The molecule has 1 aromatic carbocycles. The SMILES string of the molecule is CCOC(C)=O.CCc1ccc(F)cc1.CN=CC1=C(C)CCCC1. The molecular formula is C21H32FNO2. The van der Waals surface area contributed by atoms with E-state index in [0.717, 1.165) is 6.42 Å². The molecule has 2 rings (SSSR count). The summed E-state index contributed by atoms with van der Waals surface area (Å²) in [5.41, 5.74) is 4.18. The number of ether oxygens (including phenoxy) is 1. The third-order valence-corrected chi connectivity index (χ3v) is 3.75. The Morgan fingerprint density at radius 2 is 1.80 bits per heavy atom. The van der Waals surface area contributed by atoms with Crippen molar-refractivity contribution in [2.45, 2.75) is 59.8 Å². The first-order chi connectivity index (χ1) is 11.9. The molecule has 3 nitrogen and oxygen atoms in total. The molecule has 140 valence electrons. The van der Waals surface area contributed by atoms with E-state index >= 15 is 0 Å². The molecule has 0 atom stereocenters. The average Bonchev–Trinajstić information content (AvgIpc) is 2.59. The van der Waals surface area contributed by atoms with Gasteiger partial charge in [-0.3, -0.25) is 9.79 Å². The summed E-state index contributed by atoms with van der Waals surface area (Å²) in [6.45, 7) is 7.92. The van der Waals surface area contributed by atoms with E-state index in [9.17, 15) is 9.18 Å². The molecule has 1 aliphatic rings. The highest BCUT2D eigenvalue weighted by Gasteiger charge is 2.05. The van der Waals surface area contributed by atoms with Crippen LogP contribution >= 0.6 is 0 Å². The highest BCUT2D eigenvalue weighted by Crippen LogP contribution is 2.22. The number of allylic oxidation sites excluding steroid dienone is 2. The number of halogens is 1. The van der Waals surface area contributed by atoms with E-state index < -0.39 is 0 Å². The Hall–Kier alpha value is -1.97. The van der Waals surface area contributed by atoms with Gasteiger partial charge in [-0.05, 0) is 69.2 Å². The van der Waals surface area contributed by atoms with E-state index in [4.69, 9.17) is 0 Å². The Morgan fingerprint density at radius 1 is 1.20 bits per heavy atom. The molecule has 0 fully saturated rings. The van der Waals surface area contributed by atoms with Gasteiger partial charge in [0.15, 0.2) is 0 Å². The van der Waals surface area contributed by atoms with Crippen molar-refractivity contribution in [3.05, 3.63) is 46.8 Å². The quantitative estimate of drug-likeness (QED) is 0.531. The highest BCUT2D eigenvalue weighted by atomic mass is 19.1. The maximum Gasteiger partial charge on any atom is 0.302 e. The Balaban J connectivity index is 0.000000358. The molecule has 1 aromatic rings. The predicted octanol–water partition coefficient (Wildman–Crippen LogP) is 5.54. The first-order valence-corrected chi connectivity index (χ1v) is 8.93. The second-order valence-corrected chi connectivity index (χ2v) is 5.80. The molecule has 0 bridgehead atoms. The molecule has 0 amide bonds. The molecule has 0 saturated carbocycles. The number of hydrogen-bond donors (Lipinski definition) is 0. The van der Waals surface area contributed by atoms with Gasteiger partial charge in [0.2, 0.25) is 0 Å². The van der Waals surface area contributed by atoms with E-state index in [1.54, 1.807) is 19.1 Å². The predicted molar refractivity (Wildman–Crippen MR) is 104 cm³/mol. The molecule has 0 heterocycles. The largest absolute Gasteiger partial charge is 0.466 e. The highest BCUT2D eigenvalue weighted by molar-refractivity contribution is 5.79. The number of rotatable bonds is 3. The average molecular weight is 349 g/mol. The monoisotopic (exact) mass is 349 g/mol. The van der Waals surface area contributed by atoms with Crippen molar-refractivity contribution < 1.29 is 13.9 Å². The van der Waals surface area contributed by atoms with Crippen molar-refractivity contribution >= 4 is 12.2 Å². The Labute approximate surface area is 152 Å². The standard InChI is InChI=1S/C9H15N.C8H9F.C4H8O2/c1-8-5-3-4-6-9(8)7-10-2;1-2-7-3-5-8(9)6-4-7;1-3-6-4(2)5/h7H,3-6H2,1-2H3;3-6H,2H2,1H3;3H2,1-2H3. The third-order valence-electron chi connectivity index (χ3n) is 3.75. The second-order valence-electron chi connectivity index (χ2n) is 5.80. The van der Waals surface area contributed by atoms with Gasteiger partial charge in [0.1, 0.15) is 5.82 Å². The molecule has 0 spiro atoms.